The maximum Gasteiger partial charge on any atom is 0.170 e. The van der Waals surface area contributed by atoms with Crippen molar-refractivity contribution in [1.82, 2.24) is 14.9 Å². The fourth-order valence-electron chi connectivity index (χ4n) is 2.08. The molecule has 0 fully saturated rings. The minimum atomic E-state index is 0.879. The first-order chi connectivity index (χ1) is 11.1. The minimum Gasteiger partial charge on any atom is -0.357 e. The number of aliphatic imine (C=N–C) groups is 1. The Labute approximate surface area is 140 Å². The maximum absolute atomic E-state index is 4.73. The first-order valence-corrected chi connectivity index (χ1v) is 8.17. The molecule has 0 radical (unpaired) electrons. The molecule has 0 aliphatic heterocycles. The maximum atomic E-state index is 4.73. The largest absolute Gasteiger partial charge is 0.357 e. The lowest BCUT2D eigenvalue weighted by Gasteiger charge is -2.15. The molecule has 4 nitrogen and oxygen atoms in total. The third-order valence-electron chi connectivity index (χ3n) is 3.25. The number of amidine groups is 1. The Hall–Kier alpha value is -2.40. The number of benzene rings is 2. The molecule has 0 saturated heterocycles. The van der Waals surface area contributed by atoms with Crippen molar-refractivity contribution < 1.29 is 0 Å². The van der Waals surface area contributed by atoms with Gasteiger partial charge in [0.05, 0.1) is 22.4 Å². The highest BCUT2D eigenvalue weighted by Crippen LogP contribution is 2.25. The Kier molecular flexibility index (Phi) is 4.57. The number of aryl methyl sites for hydroxylation is 1. The summed E-state index contributed by atoms with van der Waals surface area (Å²) in [5, 5.41) is 1.76. The molecule has 5 heteroatoms. The van der Waals surface area contributed by atoms with E-state index in [0.717, 1.165) is 32.6 Å². The van der Waals surface area contributed by atoms with Crippen LogP contribution in [0.1, 0.15) is 5.69 Å². The first kappa shape index (κ1) is 15.5. The van der Waals surface area contributed by atoms with Gasteiger partial charge in [0.1, 0.15) is 5.03 Å². The number of nitrogens with zero attached hydrogens (tertiary/aromatic N) is 4. The van der Waals surface area contributed by atoms with Crippen LogP contribution in [-0.2, 0) is 0 Å². The molecule has 1 heterocycles. The Bertz CT molecular complexity index is 844. The molecule has 0 bridgehead atoms. The molecule has 23 heavy (non-hydrogen) atoms. The van der Waals surface area contributed by atoms with E-state index in [4.69, 9.17) is 9.98 Å². The van der Waals surface area contributed by atoms with Gasteiger partial charge in [-0.3, -0.25) is 0 Å². The smallest absolute Gasteiger partial charge is 0.170 e. The Balaban J connectivity index is 1.97. The summed E-state index contributed by atoms with van der Waals surface area (Å²) in [7, 11) is 3.97. The van der Waals surface area contributed by atoms with E-state index in [1.807, 2.05) is 80.5 Å². The van der Waals surface area contributed by atoms with Crippen molar-refractivity contribution in [3.05, 3.63) is 60.3 Å². The molecule has 0 amide bonds. The normalized spacial score (nSPS) is 11.7. The van der Waals surface area contributed by atoms with Crippen LogP contribution in [0.4, 0.5) is 5.69 Å². The van der Waals surface area contributed by atoms with E-state index in [9.17, 15) is 0 Å². The third-order valence-corrected chi connectivity index (χ3v) is 4.47. The van der Waals surface area contributed by atoms with Gasteiger partial charge in [0, 0.05) is 14.1 Å². The Morgan fingerprint density at radius 1 is 0.913 bits per heavy atom. The summed E-state index contributed by atoms with van der Waals surface area (Å²) in [6.45, 7) is 1.98. The molecule has 0 aliphatic rings. The topological polar surface area (TPSA) is 41.4 Å². The highest BCUT2D eigenvalue weighted by molar-refractivity contribution is 8.13. The monoisotopic (exact) mass is 322 g/mol. The molecule has 3 aromatic rings. The van der Waals surface area contributed by atoms with Crippen molar-refractivity contribution in [3.63, 3.8) is 0 Å². The lowest BCUT2D eigenvalue weighted by Crippen LogP contribution is -2.18. The van der Waals surface area contributed by atoms with Crippen LogP contribution < -0.4 is 0 Å². The van der Waals surface area contributed by atoms with Crippen molar-refractivity contribution in [1.29, 1.82) is 0 Å². The van der Waals surface area contributed by atoms with Crippen LogP contribution in [0.15, 0.2) is 64.6 Å². The van der Waals surface area contributed by atoms with Gasteiger partial charge in [0.2, 0.25) is 0 Å². The number of hydrogen-bond donors (Lipinski definition) is 0. The van der Waals surface area contributed by atoms with Gasteiger partial charge in [0.25, 0.3) is 0 Å². The zero-order valence-corrected chi connectivity index (χ0v) is 14.2. The second kappa shape index (κ2) is 6.79. The van der Waals surface area contributed by atoms with E-state index in [0.29, 0.717) is 0 Å². The van der Waals surface area contributed by atoms with Gasteiger partial charge in [-0.1, -0.05) is 30.3 Å². The van der Waals surface area contributed by atoms with Gasteiger partial charge in [-0.05, 0) is 43.0 Å². The molecule has 0 atom stereocenters. The summed E-state index contributed by atoms with van der Waals surface area (Å²) in [4.78, 5) is 16.1. The van der Waals surface area contributed by atoms with E-state index in [1.54, 1.807) is 0 Å². The van der Waals surface area contributed by atoms with E-state index in [-0.39, 0.29) is 0 Å². The summed E-state index contributed by atoms with van der Waals surface area (Å²) in [5.41, 5.74) is 3.66. The average molecular weight is 322 g/mol. The van der Waals surface area contributed by atoms with E-state index in [2.05, 4.69) is 4.98 Å². The summed E-state index contributed by atoms with van der Waals surface area (Å²) in [5.74, 6) is 0. The Morgan fingerprint density at radius 3 is 2.17 bits per heavy atom. The van der Waals surface area contributed by atoms with Crippen LogP contribution in [0, 0.1) is 6.92 Å². The fraction of sp³-hybridized carbons (Fsp3) is 0.167. The highest BCUT2D eigenvalue weighted by atomic mass is 32.2. The van der Waals surface area contributed by atoms with Crippen molar-refractivity contribution >= 4 is 33.7 Å². The molecular formula is C18H18N4S. The number of hydrogen-bond acceptors (Lipinski definition) is 4. The number of fused-ring (bicyclic) bond motifs is 1. The van der Waals surface area contributed by atoms with Crippen LogP contribution >= 0.6 is 11.8 Å². The summed E-state index contributed by atoms with van der Waals surface area (Å²) in [6, 6.07) is 17.9. The molecule has 0 N–H and O–H groups in total. The number of aromatic nitrogens is 2. The van der Waals surface area contributed by atoms with Gasteiger partial charge in [0.15, 0.2) is 5.17 Å². The molecular weight excluding hydrogens is 304 g/mol. The summed E-state index contributed by atoms with van der Waals surface area (Å²) >= 11 is 1.54. The molecule has 0 saturated carbocycles. The lowest BCUT2D eigenvalue weighted by molar-refractivity contribution is 0.636. The fourth-order valence-corrected chi connectivity index (χ4v) is 2.93. The van der Waals surface area contributed by atoms with Crippen LogP contribution in [0.5, 0.6) is 0 Å². The molecule has 2 aromatic carbocycles. The van der Waals surface area contributed by atoms with Crippen molar-refractivity contribution in [3.8, 4) is 0 Å². The second-order valence-electron chi connectivity index (χ2n) is 5.33. The zero-order valence-electron chi connectivity index (χ0n) is 13.4. The number of thioether (sulfide) groups is 1. The van der Waals surface area contributed by atoms with Crippen molar-refractivity contribution in [2.75, 3.05) is 14.1 Å². The third kappa shape index (κ3) is 3.68. The van der Waals surface area contributed by atoms with Gasteiger partial charge in [-0.2, -0.15) is 0 Å². The van der Waals surface area contributed by atoms with Crippen LogP contribution in [0.3, 0.4) is 0 Å². The van der Waals surface area contributed by atoms with E-state index in [1.165, 1.54) is 11.8 Å². The van der Waals surface area contributed by atoms with Crippen molar-refractivity contribution in [2.24, 2.45) is 4.99 Å². The van der Waals surface area contributed by atoms with Gasteiger partial charge in [-0.15, -0.1) is 0 Å². The Morgan fingerprint density at radius 2 is 1.52 bits per heavy atom. The van der Waals surface area contributed by atoms with E-state index >= 15 is 0 Å². The molecule has 3 rings (SSSR count). The predicted molar refractivity (Wildman–Crippen MR) is 97.4 cm³/mol. The molecule has 0 aliphatic carbocycles. The molecule has 1 aromatic heterocycles. The molecule has 116 valence electrons. The molecule has 0 spiro atoms. The van der Waals surface area contributed by atoms with Gasteiger partial charge in [-0.25, -0.2) is 15.0 Å². The van der Waals surface area contributed by atoms with Crippen LogP contribution in [0.25, 0.3) is 11.0 Å². The number of rotatable bonds is 2. The highest BCUT2D eigenvalue weighted by Gasteiger charge is 2.11. The average Bonchev–Trinajstić information content (AvgIpc) is 2.55. The van der Waals surface area contributed by atoms with Crippen LogP contribution in [-0.4, -0.2) is 34.1 Å². The van der Waals surface area contributed by atoms with Gasteiger partial charge < -0.3 is 4.90 Å². The summed E-state index contributed by atoms with van der Waals surface area (Å²) in [6.07, 6.45) is 0. The minimum absolute atomic E-state index is 0.879. The lowest BCUT2D eigenvalue weighted by atomic mass is 10.3. The molecule has 0 unspecified atom stereocenters. The quantitative estimate of drug-likeness (QED) is 0.401. The van der Waals surface area contributed by atoms with E-state index < -0.39 is 0 Å². The van der Waals surface area contributed by atoms with Crippen molar-refractivity contribution in [2.45, 2.75) is 11.9 Å². The van der Waals surface area contributed by atoms with Crippen LogP contribution in [0.2, 0.25) is 0 Å². The SMILES string of the molecule is Cc1nc2ccccc2nc1SC(=Nc1ccccc1)N(C)C. The number of para-hydroxylation sites is 3. The first-order valence-electron chi connectivity index (χ1n) is 7.36. The standard InChI is InChI=1S/C18H18N4S/c1-13-17(21-16-12-8-7-11-15(16)19-13)23-18(22(2)3)20-14-9-5-4-6-10-14/h4-12H,1-3H3. The summed E-state index contributed by atoms with van der Waals surface area (Å²) < 4.78 is 0. The zero-order chi connectivity index (χ0) is 16.2. The van der Waals surface area contributed by atoms with Gasteiger partial charge >= 0.3 is 0 Å². The second-order valence-corrected chi connectivity index (χ2v) is 6.29. The predicted octanol–water partition coefficient (Wildman–Crippen LogP) is 4.28.